The van der Waals surface area contributed by atoms with E-state index < -0.39 is 0 Å². The summed E-state index contributed by atoms with van der Waals surface area (Å²) in [6.45, 7) is 8.58. The van der Waals surface area contributed by atoms with E-state index in [1.807, 2.05) is 18.3 Å². The van der Waals surface area contributed by atoms with Gasteiger partial charge in [-0.1, -0.05) is 33.3 Å². The maximum absolute atomic E-state index is 4.35. The molecule has 0 aliphatic heterocycles. The molecule has 0 saturated heterocycles. The van der Waals surface area contributed by atoms with Crippen LogP contribution in [0, 0.1) is 5.92 Å². The molecule has 2 nitrogen and oxygen atoms in total. The molecular formula is C11H22N2. The molecule has 0 N–H and O–H groups in total. The maximum atomic E-state index is 4.35. The van der Waals surface area contributed by atoms with Gasteiger partial charge in [0, 0.05) is 19.0 Å². The summed E-state index contributed by atoms with van der Waals surface area (Å²) < 4.78 is 0. The predicted octanol–water partition coefficient (Wildman–Crippen LogP) is 3.26. The molecule has 2 heteroatoms. The van der Waals surface area contributed by atoms with Crippen molar-refractivity contribution < 1.29 is 0 Å². The molecule has 0 spiro atoms. The monoisotopic (exact) mass is 182 g/mol. The lowest BCUT2D eigenvalue weighted by molar-refractivity contribution is 0.395. The first-order valence-corrected chi connectivity index (χ1v) is 5.05. The van der Waals surface area contributed by atoms with Gasteiger partial charge in [0.1, 0.15) is 0 Å². The van der Waals surface area contributed by atoms with Crippen LogP contribution in [0.5, 0.6) is 0 Å². The topological polar surface area (TPSA) is 15.6 Å². The van der Waals surface area contributed by atoms with Crippen molar-refractivity contribution in [3.8, 4) is 0 Å². The SMILES string of the molecule is C/C=C(/C(C)C)N(C)/N=C\CCC. The van der Waals surface area contributed by atoms with E-state index in [-0.39, 0.29) is 0 Å². The van der Waals surface area contributed by atoms with Gasteiger partial charge < -0.3 is 0 Å². The van der Waals surface area contributed by atoms with Gasteiger partial charge in [-0.05, 0) is 19.3 Å². The second-order valence-corrected chi connectivity index (χ2v) is 3.48. The van der Waals surface area contributed by atoms with E-state index in [0.717, 1.165) is 12.8 Å². The Hall–Kier alpha value is -0.790. The van der Waals surface area contributed by atoms with Gasteiger partial charge in [-0.25, -0.2) is 0 Å². The van der Waals surface area contributed by atoms with Gasteiger partial charge in [0.25, 0.3) is 0 Å². The number of hydrazone groups is 1. The third-order valence-corrected chi connectivity index (χ3v) is 1.93. The maximum Gasteiger partial charge on any atom is 0.0347 e. The van der Waals surface area contributed by atoms with E-state index in [1.165, 1.54) is 5.70 Å². The average molecular weight is 182 g/mol. The van der Waals surface area contributed by atoms with Crippen molar-refractivity contribution in [3.63, 3.8) is 0 Å². The first-order chi connectivity index (χ1) is 6.13. The summed E-state index contributed by atoms with van der Waals surface area (Å²) in [6.07, 6.45) is 6.31. The Kier molecular flexibility index (Phi) is 6.29. The van der Waals surface area contributed by atoms with E-state index in [0.29, 0.717) is 5.92 Å². The minimum absolute atomic E-state index is 0.536. The largest absolute Gasteiger partial charge is 0.273 e. The molecule has 76 valence electrons. The minimum Gasteiger partial charge on any atom is -0.273 e. The summed E-state index contributed by atoms with van der Waals surface area (Å²) in [5.41, 5.74) is 1.27. The molecule has 0 fully saturated rings. The average Bonchev–Trinajstić information content (AvgIpc) is 2.05. The molecule has 0 atom stereocenters. The van der Waals surface area contributed by atoms with Crippen LogP contribution >= 0.6 is 0 Å². The van der Waals surface area contributed by atoms with Crippen molar-refractivity contribution in [2.75, 3.05) is 7.05 Å². The second-order valence-electron chi connectivity index (χ2n) is 3.48. The number of unbranched alkanes of at least 4 members (excludes halogenated alkanes) is 1. The van der Waals surface area contributed by atoms with Crippen molar-refractivity contribution in [1.82, 2.24) is 5.01 Å². The van der Waals surface area contributed by atoms with Gasteiger partial charge in [0.15, 0.2) is 0 Å². The van der Waals surface area contributed by atoms with E-state index in [9.17, 15) is 0 Å². The first-order valence-electron chi connectivity index (χ1n) is 5.05. The molecular weight excluding hydrogens is 160 g/mol. The standard InChI is InChI=1S/C11H22N2/c1-6-8-9-12-13(5)11(7-2)10(3)4/h7,9-10H,6,8H2,1-5H3/b11-7-,12-9-. The summed E-state index contributed by atoms with van der Waals surface area (Å²) in [6, 6.07) is 0. The Morgan fingerprint density at radius 2 is 2.08 bits per heavy atom. The molecule has 0 heterocycles. The van der Waals surface area contributed by atoms with Gasteiger partial charge in [-0.3, -0.25) is 5.01 Å². The molecule has 0 bridgehead atoms. The third-order valence-electron chi connectivity index (χ3n) is 1.93. The summed E-state index contributed by atoms with van der Waals surface area (Å²) in [5, 5.41) is 6.30. The zero-order valence-corrected chi connectivity index (χ0v) is 9.54. The zero-order valence-electron chi connectivity index (χ0n) is 9.54. The highest BCUT2D eigenvalue weighted by Gasteiger charge is 2.05. The molecule has 0 aliphatic carbocycles. The van der Waals surface area contributed by atoms with Gasteiger partial charge in [-0.15, -0.1) is 0 Å². The molecule has 0 amide bonds. The van der Waals surface area contributed by atoms with E-state index in [4.69, 9.17) is 0 Å². The van der Waals surface area contributed by atoms with Gasteiger partial charge in [0.2, 0.25) is 0 Å². The van der Waals surface area contributed by atoms with Crippen molar-refractivity contribution >= 4 is 6.21 Å². The van der Waals surface area contributed by atoms with Crippen LogP contribution in [0.25, 0.3) is 0 Å². The molecule has 0 aromatic carbocycles. The van der Waals surface area contributed by atoms with Crippen LogP contribution < -0.4 is 0 Å². The lowest BCUT2D eigenvalue weighted by Crippen LogP contribution is -2.15. The molecule has 0 aromatic rings. The van der Waals surface area contributed by atoms with Crippen molar-refractivity contribution in [2.24, 2.45) is 11.0 Å². The van der Waals surface area contributed by atoms with Gasteiger partial charge in [-0.2, -0.15) is 5.10 Å². The van der Waals surface area contributed by atoms with Crippen molar-refractivity contribution in [2.45, 2.75) is 40.5 Å². The number of nitrogens with zero attached hydrogens (tertiary/aromatic N) is 2. The Balaban J connectivity index is 4.15. The summed E-state index contributed by atoms with van der Waals surface area (Å²) in [5.74, 6) is 0.536. The minimum atomic E-state index is 0.536. The normalized spacial score (nSPS) is 12.9. The van der Waals surface area contributed by atoms with E-state index in [1.54, 1.807) is 0 Å². The van der Waals surface area contributed by atoms with Crippen LogP contribution in [0.1, 0.15) is 40.5 Å². The van der Waals surface area contributed by atoms with Crippen LogP contribution in [0.15, 0.2) is 16.9 Å². The highest BCUT2D eigenvalue weighted by Crippen LogP contribution is 2.13. The highest BCUT2D eigenvalue weighted by atomic mass is 15.4. The fourth-order valence-corrected chi connectivity index (χ4v) is 1.27. The predicted molar refractivity (Wildman–Crippen MR) is 59.8 cm³/mol. The fraction of sp³-hybridized carbons (Fsp3) is 0.727. The van der Waals surface area contributed by atoms with Crippen LogP contribution in [0.2, 0.25) is 0 Å². The number of hydrogen-bond donors (Lipinski definition) is 0. The quantitative estimate of drug-likeness (QED) is 0.470. The molecule has 0 unspecified atom stereocenters. The first kappa shape index (κ1) is 12.2. The van der Waals surface area contributed by atoms with E-state index in [2.05, 4.69) is 38.9 Å². The molecule has 0 aliphatic rings. The van der Waals surface area contributed by atoms with Crippen LogP contribution in [0.3, 0.4) is 0 Å². The van der Waals surface area contributed by atoms with Gasteiger partial charge >= 0.3 is 0 Å². The molecule has 13 heavy (non-hydrogen) atoms. The van der Waals surface area contributed by atoms with Crippen LogP contribution in [-0.2, 0) is 0 Å². The smallest absolute Gasteiger partial charge is 0.0347 e. The lowest BCUT2D eigenvalue weighted by atomic mass is 10.1. The molecule has 0 saturated carbocycles. The highest BCUT2D eigenvalue weighted by molar-refractivity contribution is 5.56. The van der Waals surface area contributed by atoms with Crippen molar-refractivity contribution in [1.29, 1.82) is 0 Å². The van der Waals surface area contributed by atoms with E-state index >= 15 is 0 Å². The molecule has 0 aromatic heterocycles. The fourth-order valence-electron chi connectivity index (χ4n) is 1.27. The summed E-state index contributed by atoms with van der Waals surface area (Å²) >= 11 is 0. The summed E-state index contributed by atoms with van der Waals surface area (Å²) in [7, 11) is 2.00. The van der Waals surface area contributed by atoms with Gasteiger partial charge in [0.05, 0.1) is 0 Å². The van der Waals surface area contributed by atoms with Crippen molar-refractivity contribution in [3.05, 3.63) is 11.8 Å². The lowest BCUT2D eigenvalue weighted by Gasteiger charge is -2.19. The number of rotatable bonds is 5. The number of hydrogen-bond acceptors (Lipinski definition) is 2. The second kappa shape index (κ2) is 6.70. The number of allylic oxidation sites excluding steroid dienone is 2. The Bertz CT molecular complexity index is 181. The van der Waals surface area contributed by atoms with Crippen LogP contribution in [-0.4, -0.2) is 18.3 Å². The Labute approximate surface area is 82.3 Å². The van der Waals surface area contributed by atoms with Crippen LogP contribution in [0.4, 0.5) is 0 Å². The Morgan fingerprint density at radius 3 is 2.46 bits per heavy atom. The Morgan fingerprint density at radius 1 is 1.46 bits per heavy atom. The molecule has 0 radical (unpaired) electrons. The third kappa shape index (κ3) is 4.71. The molecule has 0 rings (SSSR count). The zero-order chi connectivity index (χ0) is 10.3. The summed E-state index contributed by atoms with van der Waals surface area (Å²) in [4.78, 5) is 0.